The molecule has 0 spiro atoms. The van der Waals surface area contributed by atoms with Crippen molar-refractivity contribution in [3.05, 3.63) is 40.5 Å². The highest BCUT2D eigenvalue weighted by atomic mass is 35.5. The van der Waals surface area contributed by atoms with Gasteiger partial charge in [0.15, 0.2) is 5.82 Å². The lowest BCUT2D eigenvalue weighted by molar-refractivity contribution is 0.0613. The van der Waals surface area contributed by atoms with Crippen molar-refractivity contribution < 1.29 is 18.8 Å². The molecule has 1 aromatic carbocycles. The van der Waals surface area contributed by atoms with Crippen molar-refractivity contribution in [2.75, 3.05) is 20.3 Å². The molecule has 0 aliphatic carbocycles. The number of halogens is 1. The van der Waals surface area contributed by atoms with Gasteiger partial charge < -0.3 is 19.3 Å². The summed E-state index contributed by atoms with van der Waals surface area (Å²) in [7, 11) is 1.51. The van der Waals surface area contributed by atoms with Crippen LogP contribution in [0.3, 0.4) is 0 Å². The van der Waals surface area contributed by atoms with Crippen molar-refractivity contribution in [3.8, 4) is 5.75 Å². The standard InChI is InChI=1S/C16H18ClN3O4/c1-9-19-16(24-20-9)14-11(5-6-23-14)8-18-15(21)10-3-4-12(17)13(7-10)22-2/h3-4,7,11,14H,5-6,8H2,1-2H3,(H,18,21)/t11-,14-/m0/s1. The molecule has 0 unspecified atom stereocenters. The molecule has 1 N–H and O–H groups in total. The number of aromatic nitrogens is 2. The lowest BCUT2D eigenvalue weighted by Crippen LogP contribution is -2.30. The second-order valence-electron chi connectivity index (χ2n) is 5.58. The predicted molar refractivity (Wildman–Crippen MR) is 86.2 cm³/mol. The molecule has 128 valence electrons. The summed E-state index contributed by atoms with van der Waals surface area (Å²) in [6.45, 7) is 2.81. The van der Waals surface area contributed by atoms with E-state index in [-0.39, 0.29) is 17.9 Å². The Hall–Kier alpha value is -2.12. The minimum absolute atomic E-state index is 0.0861. The molecule has 2 heterocycles. The van der Waals surface area contributed by atoms with Gasteiger partial charge in [-0.15, -0.1) is 0 Å². The van der Waals surface area contributed by atoms with E-state index in [4.69, 9.17) is 25.6 Å². The van der Waals surface area contributed by atoms with Gasteiger partial charge in [0.1, 0.15) is 11.9 Å². The number of carbonyl (C=O) groups is 1. The van der Waals surface area contributed by atoms with Crippen LogP contribution in [0.4, 0.5) is 0 Å². The minimum atomic E-state index is -0.286. The zero-order valence-corrected chi connectivity index (χ0v) is 14.2. The van der Waals surface area contributed by atoms with Gasteiger partial charge in [0.05, 0.1) is 12.1 Å². The van der Waals surface area contributed by atoms with E-state index in [2.05, 4.69) is 15.5 Å². The second kappa shape index (κ2) is 7.19. The molecule has 1 aromatic heterocycles. The number of hydrogen-bond donors (Lipinski definition) is 1. The summed E-state index contributed by atoms with van der Waals surface area (Å²) >= 11 is 5.97. The second-order valence-corrected chi connectivity index (χ2v) is 5.99. The topological polar surface area (TPSA) is 86.5 Å². The molecule has 3 rings (SSSR count). The third-order valence-electron chi connectivity index (χ3n) is 3.94. The average Bonchev–Trinajstić information content (AvgIpc) is 3.21. The first kappa shape index (κ1) is 16.7. The van der Waals surface area contributed by atoms with Crippen molar-refractivity contribution in [1.29, 1.82) is 0 Å². The molecule has 0 bridgehead atoms. The third-order valence-corrected chi connectivity index (χ3v) is 4.25. The van der Waals surface area contributed by atoms with Crippen LogP contribution < -0.4 is 10.1 Å². The van der Waals surface area contributed by atoms with Gasteiger partial charge in [-0.25, -0.2) is 0 Å². The molecule has 1 saturated heterocycles. The van der Waals surface area contributed by atoms with Crippen molar-refractivity contribution >= 4 is 17.5 Å². The van der Waals surface area contributed by atoms with Crippen molar-refractivity contribution in [1.82, 2.24) is 15.5 Å². The summed E-state index contributed by atoms with van der Waals surface area (Å²) in [6.07, 6.45) is 0.530. The first-order valence-electron chi connectivity index (χ1n) is 7.62. The Balaban J connectivity index is 1.63. The quantitative estimate of drug-likeness (QED) is 0.890. The monoisotopic (exact) mass is 351 g/mol. The predicted octanol–water partition coefficient (Wildman–Crippen LogP) is 2.55. The molecule has 1 fully saturated rings. The molecule has 24 heavy (non-hydrogen) atoms. The Labute approximate surface area is 144 Å². The fourth-order valence-electron chi connectivity index (χ4n) is 2.67. The molecule has 8 heteroatoms. The van der Waals surface area contributed by atoms with Gasteiger partial charge in [-0.1, -0.05) is 16.8 Å². The Morgan fingerprint density at radius 3 is 3.04 bits per heavy atom. The normalized spacial score (nSPS) is 20.1. The van der Waals surface area contributed by atoms with Crippen molar-refractivity contribution in [2.24, 2.45) is 5.92 Å². The van der Waals surface area contributed by atoms with E-state index in [0.717, 1.165) is 6.42 Å². The largest absolute Gasteiger partial charge is 0.495 e. The molecule has 1 aliphatic heterocycles. The van der Waals surface area contributed by atoms with Crippen molar-refractivity contribution in [2.45, 2.75) is 19.4 Å². The molecule has 7 nitrogen and oxygen atoms in total. The van der Waals surface area contributed by atoms with Gasteiger partial charge in [-0.2, -0.15) is 4.98 Å². The van der Waals surface area contributed by atoms with Gasteiger partial charge in [0.25, 0.3) is 11.8 Å². The Kier molecular flexibility index (Phi) is 5.01. The highest BCUT2D eigenvalue weighted by Gasteiger charge is 2.34. The highest BCUT2D eigenvalue weighted by molar-refractivity contribution is 6.32. The van der Waals surface area contributed by atoms with Crippen LogP contribution >= 0.6 is 11.6 Å². The SMILES string of the molecule is COc1cc(C(=O)NC[C@@H]2CCO[C@@H]2c2nc(C)no2)ccc1Cl. The van der Waals surface area contributed by atoms with E-state index in [9.17, 15) is 4.79 Å². The average molecular weight is 352 g/mol. The van der Waals surface area contributed by atoms with Gasteiger partial charge >= 0.3 is 0 Å². The summed E-state index contributed by atoms with van der Waals surface area (Å²) < 4.78 is 16.0. The fraction of sp³-hybridized carbons (Fsp3) is 0.438. The van der Waals surface area contributed by atoms with E-state index in [1.54, 1.807) is 25.1 Å². The molecule has 1 amide bonds. The summed E-state index contributed by atoms with van der Waals surface area (Å²) in [5, 5.41) is 7.16. The molecular weight excluding hydrogens is 334 g/mol. The number of carbonyl (C=O) groups excluding carboxylic acids is 1. The number of methoxy groups -OCH3 is 1. The van der Waals surface area contributed by atoms with Crippen LogP contribution in [-0.4, -0.2) is 36.3 Å². The van der Waals surface area contributed by atoms with Crippen LogP contribution in [0.15, 0.2) is 22.7 Å². The van der Waals surface area contributed by atoms with Crippen molar-refractivity contribution in [3.63, 3.8) is 0 Å². The van der Waals surface area contributed by atoms with Crippen LogP contribution in [0, 0.1) is 12.8 Å². The van der Waals surface area contributed by atoms with E-state index in [1.807, 2.05) is 0 Å². The van der Waals surface area contributed by atoms with E-state index in [0.29, 0.717) is 41.2 Å². The fourth-order valence-corrected chi connectivity index (χ4v) is 2.87. The van der Waals surface area contributed by atoms with Crippen LogP contribution in [0.1, 0.15) is 34.6 Å². The zero-order valence-electron chi connectivity index (χ0n) is 13.4. The molecule has 0 saturated carbocycles. The summed E-state index contributed by atoms with van der Waals surface area (Å²) in [5.74, 6) is 1.38. The van der Waals surface area contributed by atoms with E-state index < -0.39 is 0 Å². The number of nitrogens with zero attached hydrogens (tertiary/aromatic N) is 2. The molecular formula is C16H18ClN3O4. The molecule has 2 atom stereocenters. The Bertz CT molecular complexity index is 734. The Morgan fingerprint density at radius 2 is 2.33 bits per heavy atom. The van der Waals surface area contributed by atoms with E-state index in [1.165, 1.54) is 7.11 Å². The third kappa shape index (κ3) is 3.52. The maximum atomic E-state index is 12.3. The number of ether oxygens (including phenoxy) is 2. The molecule has 2 aromatic rings. The molecule has 1 aliphatic rings. The van der Waals surface area contributed by atoms with Crippen LogP contribution in [0.5, 0.6) is 5.75 Å². The number of hydrogen-bond acceptors (Lipinski definition) is 6. The minimum Gasteiger partial charge on any atom is -0.495 e. The first-order valence-corrected chi connectivity index (χ1v) is 8.00. The Morgan fingerprint density at radius 1 is 1.50 bits per heavy atom. The molecule has 0 radical (unpaired) electrons. The van der Waals surface area contributed by atoms with E-state index >= 15 is 0 Å². The lowest BCUT2D eigenvalue weighted by Gasteiger charge is -2.16. The van der Waals surface area contributed by atoms with Crippen LogP contribution in [-0.2, 0) is 4.74 Å². The van der Waals surface area contributed by atoms with Gasteiger partial charge in [0, 0.05) is 24.6 Å². The van der Waals surface area contributed by atoms with Gasteiger partial charge in [-0.05, 0) is 31.5 Å². The number of aryl methyl sites for hydroxylation is 1. The van der Waals surface area contributed by atoms with Crippen LogP contribution in [0.25, 0.3) is 0 Å². The lowest BCUT2D eigenvalue weighted by atomic mass is 10.0. The van der Waals surface area contributed by atoms with Gasteiger partial charge in [0.2, 0.25) is 0 Å². The van der Waals surface area contributed by atoms with Gasteiger partial charge in [-0.3, -0.25) is 4.79 Å². The number of rotatable bonds is 5. The maximum absolute atomic E-state index is 12.3. The highest BCUT2D eigenvalue weighted by Crippen LogP contribution is 2.33. The number of amides is 1. The summed E-state index contributed by atoms with van der Waals surface area (Å²) in [5.41, 5.74) is 0.486. The number of benzene rings is 1. The summed E-state index contributed by atoms with van der Waals surface area (Å²) in [6, 6.07) is 4.91. The smallest absolute Gasteiger partial charge is 0.256 e. The van der Waals surface area contributed by atoms with Crippen LogP contribution in [0.2, 0.25) is 5.02 Å². The first-order chi connectivity index (χ1) is 11.6. The zero-order chi connectivity index (χ0) is 17.1. The number of nitrogens with one attached hydrogen (secondary N) is 1. The summed E-state index contributed by atoms with van der Waals surface area (Å²) in [4.78, 5) is 16.5. The maximum Gasteiger partial charge on any atom is 0.256 e.